The van der Waals surface area contributed by atoms with Gasteiger partial charge in [-0.05, 0) is 42.2 Å². The third kappa shape index (κ3) is 4.66. The Bertz CT molecular complexity index is 1270. The number of ketones is 2. The fraction of sp³-hybridized carbons (Fsp3) is 0.333. The number of carbonyl (C=O) groups is 4. The molecule has 0 bridgehead atoms. The van der Waals surface area contributed by atoms with E-state index >= 15 is 0 Å². The topological polar surface area (TPSA) is 83.6 Å². The number of fused-ring (bicyclic) bond motifs is 1. The second-order valence-electron chi connectivity index (χ2n) is 7.79. The third-order valence-corrected chi connectivity index (χ3v) is 5.82. The quantitative estimate of drug-likeness (QED) is 0.524. The van der Waals surface area contributed by atoms with Gasteiger partial charge in [-0.3, -0.25) is 19.2 Å². The Morgan fingerprint density at radius 2 is 1.94 bits per heavy atom. The minimum atomic E-state index is -3.80. The zero-order valence-corrected chi connectivity index (χ0v) is 18.0. The van der Waals surface area contributed by atoms with Crippen molar-refractivity contribution in [1.82, 2.24) is 10.2 Å². The number of halogens is 3. The molecule has 2 aromatic carbocycles. The first-order chi connectivity index (χ1) is 16.8. The maximum atomic E-state index is 14.5. The molecule has 4 rings (SSSR count). The minimum Gasteiger partial charge on any atom is -0.346 e. The molecule has 172 valence electrons. The van der Waals surface area contributed by atoms with Gasteiger partial charge in [-0.15, -0.1) is 0 Å². The fourth-order valence-electron chi connectivity index (χ4n) is 3.84. The van der Waals surface area contributed by atoms with E-state index in [2.05, 4.69) is 5.32 Å². The lowest BCUT2D eigenvalue weighted by Crippen LogP contribution is -2.41. The van der Waals surface area contributed by atoms with Crippen LogP contribution in [0, 0.1) is 0 Å². The van der Waals surface area contributed by atoms with E-state index in [1.165, 1.54) is 30.3 Å². The van der Waals surface area contributed by atoms with Crippen LogP contribution < -0.4 is 5.32 Å². The average Bonchev–Trinajstić information content (AvgIpc) is 3.13. The predicted molar refractivity (Wildman–Crippen MR) is 116 cm³/mol. The van der Waals surface area contributed by atoms with Gasteiger partial charge in [0.25, 0.3) is 11.8 Å². The summed E-state index contributed by atoms with van der Waals surface area (Å²) in [6.07, 6.45) is -3.75. The first-order valence-corrected chi connectivity index (χ1v) is 10.6. The van der Waals surface area contributed by atoms with Crippen molar-refractivity contribution in [1.29, 1.82) is 0 Å². The zero-order chi connectivity index (χ0) is 26.5. The van der Waals surface area contributed by atoms with Gasteiger partial charge in [0.05, 0.1) is 13.8 Å². The molecule has 0 spiro atoms. The van der Waals surface area contributed by atoms with Crippen molar-refractivity contribution in [2.45, 2.75) is 50.7 Å². The molecule has 2 aromatic rings. The average molecular weight is 478 g/mol. The Hall–Kier alpha value is -3.13. The van der Waals surface area contributed by atoms with Crippen molar-refractivity contribution in [3.63, 3.8) is 0 Å². The van der Waals surface area contributed by atoms with Crippen molar-refractivity contribution in [3.05, 3.63) is 69.7 Å². The Labute approximate surface area is 198 Å². The number of nitrogens with zero attached hydrogens (tertiary/aromatic N) is 1. The molecule has 6 nitrogen and oxygen atoms in total. The Morgan fingerprint density at radius 3 is 2.67 bits per heavy atom. The lowest BCUT2D eigenvalue weighted by molar-refractivity contribution is -0.147. The summed E-state index contributed by atoms with van der Waals surface area (Å²) in [5.41, 5.74) is 0.529. The maximum absolute atomic E-state index is 14.5. The van der Waals surface area contributed by atoms with Gasteiger partial charge in [0.1, 0.15) is 5.78 Å². The van der Waals surface area contributed by atoms with E-state index in [1.807, 2.05) is 0 Å². The molecule has 1 heterocycles. The second-order valence-corrected chi connectivity index (χ2v) is 8.23. The summed E-state index contributed by atoms with van der Waals surface area (Å²) in [6, 6.07) is 6.92. The molecule has 0 aromatic heterocycles. The van der Waals surface area contributed by atoms with Crippen LogP contribution in [0.4, 0.5) is 8.78 Å². The summed E-state index contributed by atoms with van der Waals surface area (Å²) < 4.78 is 53.3. The fourth-order valence-corrected chi connectivity index (χ4v) is 3.97. The van der Waals surface area contributed by atoms with E-state index in [4.69, 9.17) is 15.7 Å². The van der Waals surface area contributed by atoms with E-state index in [1.54, 1.807) is 0 Å². The van der Waals surface area contributed by atoms with Crippen LogP contribution in [-0.2, 0) is 33.4 Å². The van der Waals surface area contributed by atoms with Gasteiger partial charge in [-0.2, -0.15) is 8.78 Å². The number of Topliss-reactive ketones (excluding diaryl/α,β-unsaturated/α-hetero) is 2. The van der Waals surface area contributed by atoms with Gasteiger partial charge in [0.2, 0.25) is 0 Å². The van der Waals surface area contributed by atoms with Crippen LogP contribution in [0.15, 0.2) is 42.5 Å². The van der Waals surface area contributed by atoms with E-state index in [0.29, 0.717) is 11.1 Å². The van der Waals surface area contributed by atoms with Gasteiger partial charge in [0, 0.05) is 38.4 Å². The van der Waals surface area contributed by atoms with Gasteiger partial charge < -0.3 is 10.2 Å². The van der Waals surface area contributed by atoms with Crippen LogP contribution in [0.5, 0.6) is 0 Å². The third-order valence-electron chi connectivity index (χ3n) is 5.57. The highest BCUT2D eigenvalue weighted by molar-refractivity contribution is 6.30. The number of hydrogen-bond donors (Lipinski definition) is 1. The number of amides is 2. The smallest absolute Gasteiger partial charge is 0.346 e. The molecule has 1 saturated carbocycles. The molecule has 1 fully saturated rings. The minimum absolute atomic E-state index is 0.149. The molecule has 1 N–H and O–H groups in total. The van der Waals surface area contributed by atoms with Crippen LogP contribution in [0.25, 0.3) is 0 Å². The lowest BCUT2D eigenvalue weighted by Gasteiger charge is -2.25. The molecular formula is C24H21ClF2N2O4. The summed E-state index contributed by atoms with van der Waals surface area (Å²) in [5.74, 6) is -7.70. The van der Waals surface area contributed by atoms with Crippen LogP contribution in [0.2, 0.25) is 5.02 Å². The van der Waals surface area contributed by atoms with Crippen LogP contribution in [-0.4, -0.2) is 34.3 Å². The zero-order valence-electron chi connectivity index (χ0n) is 20.3. The number of benzene rings is 2. The van der Waals surface area contributed by atoms with E-state index in [-0.39, 0.29) is 36.5 Å². The van der Waals surface area contributed by atoms with Gasteiger partial charge in [0.15, 0.2) is 5.78 Å². The second kappa shape index (κ2) is 9.02. The first-order valence-electron chi connectivity index (χ1n) is 11.7. The predicted octanol–water partition coefficient (Wildman–Crippen LogP) is 3.78. The Balaban J connectivity index is 1.48. The number of rotatable bonds is 5. The largest absolute Gasteiger partial charge is 0.349 e. The molecule has 1 aliphatic heterocycles. The summed E-state index contributed by atoms with van der Waals surface area (Å²) in [4.78, 5) is 50.9. The molecule has 0 saturated heterocycles. The summed E-state index contributed by atoms with van der Waals surface area (Å²) >= 11 is 5.71. The van der Waals surface area contributed by atoms with Crippen LogP contribution in [0.3, 0.4) is 0 Å². The maximum Gasteiger partial charge on any atom is 0.349 e. The van der Waals surface area contributed by atoms with Crippen molar-refractivity contribution in [2.24, 2.45) is 0 Å². The summed E-state index contributed by atoms with van der Waals surface area (Å²) in [7, 11) is 0. The number of nitrogens with one attached hydrogen (secondary N) is 1. The van der Waals surface area contributed by atoms with Crippen molar-refractivity contribution >= 4 is 35.0 Å². The standard InChI is InChI=1S/C24H21ClF2N2O4/c25-17-7-5-16(6-8-17)24(26,27)23(33)28-12-14-4-9-19-15(10-14)13-29(22(19)32)20-3-1-2-18(30)11-21(20)31/h4-10,20H,1-3,11-13H2,(H,28,33)/t20-/m0/s1/i2D2,20D. The first kappa shape index (κ1) is 19.3. The number of hydrogen-bond acceptors (Lipinski definition) is 4. The van der Waals surface area contributed by atoms with Gasteiger partial charge in [-0.25, -0.2) is 0 Å². The monoisotopic (exact) mass is 477 g/mol. The van der Waals surface area contributed by atoms with Crippen LogP contribution >= 0.6 is 11.6 Å². The highest BCUT2D eigenvalue weighted by Crippen LogP contribution is 2.31. The Morgan fingerprint density at radius 1 is 1.21 bits per heavy atom. The molecule has 2 aliphatic rings. The van der Waals surface area contributed by atoms with Crippen LogP contribution in [0.1, 0.15) is 56.8 Å². The number of carbonyl (C=O) groups excluding carboxylic acids is 4. The molecule has 1 atom stereocenters. The highest BCUT2D eigenvalue weighted by atomic mass is 35.5. The summed E-state index contributed by atoms with van der Waals surface area (Å²) in [6.45, 7) is -0.410. The molecular weight excluding hydrogens is 454 g/mol. The Kier molecular flexibility index (Phi) is 5.29. The van der Waals surface area contributed by atoms with E-state index < -0.39 is 53.7 Å². The lowest BCUT2D eigenvalue weighted by atomic mass is 10.1. The van der Waals surface area contributed by atoms with Gasteiger partial charge >= 0.3 is 5.92 Å². The molecule has 0 radical (unpaired) electrons. The molecule has 2 amide bonds. The van der Waals surface area contributed by atoms with Gasteiger partial charge in [-0.1, -0.05) is 35.9 Å². The van der Waals surface area contributed by atoms with E-state index in [9.17, 15) is 28.0 Å². The molecule has 33 heavy (non-hydrogen) atoms. The molecule has 9 heteroatoms. The normalized spacial score (nSPS) is 23.9. The van der Waals surface area contributed by atoms with E-state index in [0.717, 1.165) is 17.0 Å². The summed E-state index contributed by atoms with van der Waals surface area (Å²) in [5, 5.41) is 2.43. The van der Waals surface area contributed by atoms with Crippen molar-refractivity contribution < 1.29 is 32.1 Å². The molecule has 1 aliphatic carbocycles. The highest BCUT2D eigenvalue weighted by Gasteiger charge is 2.41. The van der Waals surface area contributed by atoms with Crippen molar-refractivity contribution in [2.75, 3.05) is 0 Å². The number of alkyl halides is 2. The molecule has 0 unspecified atom stereocenters. The SMILES string of the molecule is [2H]C1([2H])CC[C@]([2H])(N2Cc3cc(CNC(=O)C(F)(F)c4ccc(Cl)cc4)ccc3C2=O)C(=O)CC1=O. The van der Waals surface area contributed by atoms with Crippen molar-refractivity contribution in [3.8, 4) is 0 Å².